The highest BCUT2D eigenvalue weighted by molar-refractivity contribution is 5.41. The molecule has 3 heteroatoms. The molecular weight excluding hydrogens is 236 g/mol. The first-order valence-corrected chi connectivity index (χ1v) is 7.02. The lowest BCUT2D eigenvalue weighted by Crippen LogP contribution is -2.25. The first-order valence-electron chi connectivity index (χ1n) is 7.02. The van der Waals surface area contributed by atoms with Crippen LogP contribution in [0.1, 0.15) is 48.9 Å². The van der Waals surface area contributed by atoms with Crippen molar-refractivity contribution in [1.82, 2.24) is 4.98 Å². The standard InChI is InChI=1S/C16H22N2O/c1-12-10-18-14(13(2)15(12)19-3)9-16(11-17)7-5-4-6-8-16/h10H,4-9H2,1-3H3. The monoisotopic (exact) mass is 258 g/mol. The van der Waals surface area contributed by atoms with Crippen molar-refractivity contribution in [2.45, 2.75) is 52.4 Å². The van der Waals surface area contributed by atoms with E-state index in [4.69, 9.17) is 4.74 Å². The number of ether oxygens (including phenoxy) is 1. The van der Waals surface area contributed by atoms with Gasteiger partial charge in [-0.3, -0.25) is 4.98 Å². The summed E-state index contributed by atoms with van der Waals surface area (Å²) in [6.45, 7) is 4.05. The fourth-order valence-electron chi connectivity index (χ4n) is 3.13. The van der Waals surface area contributed by atoms with Gasteiger partial charge in [-0.15, -0.1) is 0 Å². The number of aromatic nitrogens is 1. The van der Waals surface area contributed by atoms with E-state index in [0.717, 1.165) is 54.7 Å². The second-order valence-corrected chi connectivity index (χ2v) is 5.68. The van der Waals surface area contributed by atoms with E-state index in [9.17, 15) is 5.26 Å². The van der Waals surface area contributed by atoms with Crippen LogP contribution >= 0.6 is 0 Å². The first-order chi connectivity index (χ1) is 9.12. The zero-order chi connectivity index (χ0) is 13.9. The van der Waals surface area contributed by atoms with Crippen molar-refractivity contribution in [3.63, 3.8) is 0 Å². The quantitative estimate of drug-likeness (QED) is 0.830. The Morgan fingerprint density at radius 2 is 2.00 bits per heavy atom. The van der Waals surface area contributed by atoms with Crippen molar-refractivity contribution in [1.29, 1.82) is 5.26 Å². The summed E-state index contributed by atoms with van der Waals surface area (Å²) in [6.07, 6.45) is 8.20. The molecule has 102 valence electrons. The van der Waals surface area contributed by atoms with Crippen LogP contribution in [0.4, 0.5) is 0 Å². The van der Waals surface area contributed by atoms with Crippen LogP contribution in [0.25, 0.3) is 0 Å². The Balaban J connectivity index is 2.30. The smallest absolute Gasteiger partial charge is 0.128 e. The van der Waals surface area contributed by atoms with E-state index in [1.165, 1.54) is 6.42 Å². The third-order valence-electron chi connectivity index (χ3n) is 4.30. The Kier molecular flexibility index (Phi) is 4.09. The average Bonchev–Trinajstić information content (AvgIpc) is 2.44. The van der Waals surface area contributed by atoms with Gasteiger partial charge in [-0.1, -0.05) is 19.3 Å². The molecule has 1 aromatic heterocycles. The molecule has 1 aliphatic carbocycles. The Morgan fingerprint density at radius 3 is 2.58 bits per heavy atom. The number of hydrogen-bond donors (Lipinski definition) is 0. The molecule has 2 rings (SSSR count). The Hall–Kier alpha value is -1.56. The fourth-order valence-corrected chi connectivity index (χ4v) is 3.13. The number of hydrogen-bond acceptors (Lipinski definition) is 3. The summed E-state index contributed by atoms with van der Waals surface area (Å²) in [7, 11) is 1.69. The summed E-state index contributed by atoms with van der Waals surface area (Å²) in [5.41, 5.74) is 2.95. The third-order valence-corrected chi connectivity index (χ3v) is 4.30. The number of nitrogens with zero attached hydrogens (tertiary/aromatic N) is 2. The lowest BCUT2D eigenvalue weighted by atomic mass is 9.72. The summed E-state index contributed by atoms with van der Waals surface area (Å²) in [6, 6.07) is 2.56. The summed E-state index contributed by atoms with van der Waals surface area (Å²) >= 11 is 0. The molecule has 0 bridgehead atoms. The van der Waals surface area contributed by atoms with E-state index in [2.05, 4.69) is 11.1 Å². The van der Waals surface area contributed by atoms with Gasteiger partial charge in [0.2, 0.25) is 0 Å². The van der Waals surface area contributed by atoms with E-state index in [1.54, 1.807) is 7.11 Å². The summed E-state index contributed by atoms with van der Waals surface area (Å²) in [5, 5.41) is 9.57. The molecule has 0 N–H and O–H groups in total. The van der Waals surface area contributed by atoms with Gasteiger partial charge in [-0.2, -0.15) is 5.26 Å². The van der Waals surface area contributed by atoms with Crippen LogP contribution in [0.15, 0.2) is 6.20 Å². The highest BCUT2D eigenvalue weighted by atomic mass is 16.5. The molecular formula is C16H22N2O. The van der Waals surface area contributed by atoms with Gasteiger partial charge in [-0.25, -0.2) is 0 Å². The van der Waals surface area contributed by atoms with Crippen LogP contribution in [0.2, 0.25) is 0 Å². The van der Waals surface area contributed by atoms with Crippen molar-refractivity contribution in [2.75, 3.05) is 7.11 Å². The SMILES string of the molecule is COc1c(C)cnc(CC2(C#N)CCCCC2)c1C. The van der Waals surface area contributed by atoms with E-state index in [0.29, 0.717) is 0 Å². The molecule has 1 fully saturated rings. The largest absolute Gasteiger partial charge is 0.496 e. The average molecular weight is 258 g/mol. The normalized spacial score (nSPS) is 17.8. The molecule has 3 nitrogen and oxygen atoms in total. The zero-order valence-electron chi connectivity index (χ0n) is 12.1. The van der Waals surface area contributed by atoms with E-state index >= 15 is 0 Å². The van der Waals surface area contributed by atoms with Gasteiger partial charge in [0.15, 0.2) is 0 Å². The maximum atomic E-state index is 9.57. The topological polar surface area (TPSA) is 45.9 Å². The highest BCUT2D eigenvalue weighted by Gasteiger charge is 2.33. The minimum absolute atomic E-state index is 0.212. The molecule has 0 aliphatic heterocycles. The Labute approximate surface area is 115 Å². The van der Waals surface area contributed by atoms with E-state index in [-0.39, 0.29) is 5.41 Å². The molecule has 0 atom stereocenters. The summed E-state index contributed by atoms with van der Waals surface area (Å²) in [4.78, 5) is 4.54. The van der Waals surface area contributed by atoms with E-state index < -0.39 is 0 Å². The molecule has 1 aliphatic rings. The Bertz CT molecular complexity index is 496. The molecule has 1 aromatic rings. The summed E-state index contributed by atoms with van der Waals surface area (Å²) < 4.78 is 5.45. The second-order valence-electron chi connectivity index (χ2n) is 5.68. The lowest BCUT2D eigenvalue weighted by molar-refractivity contribution is 0.263. The van der Waals surface area contributed by atoms with Crippen molar-refractivity contribution in [2.24, 2.45) is 5.41 Å². The van der Waals surface area contributed by atoms with Crippen LogP contribution < -0.4 is 4.74 Å². The molecule has 1 saturated carbocycles. The van der Waals surface area contributed by atoms with Crippen LogP contribution in [0.3, 0.4) is 0 Å². The number of aryl methyl sites for hydroxylation is 1. The van der Waals surface area contributed by atoms with Gasteiger partial charge in [0.1, 0.15) is 5.75 Å². The van der Waals surface area contributed by atoms with Crippen molar-refractivity contribution in [3.8, 4) is 11.8 Å². The van der Waals surface area contributed by atoms with Gasteiger partial charge in [0.05, 0.1) is 18.6 Å². The second kappa shape index (κ2) is 5.61. The summed E-state index contributed by atoms with van der Waals surface area (Å²) in [5.74, 6) is 0.911. The molecule has 0 amide bonds. The van der Waals surface area contributed by atoms with Gasteiger partial charge in [0, 0.05) is 29.4 Å². The molecule has 0 saturated heterocycles. The van der Waals surface area contributed by atoms with Gasteiger partial charge in [-0.05, 0) is 26.7 Å². The van der Waals surface area contributed by atoms with Crippen LogP contribution in [0, 0.1) is 30.6 Å². The Morgan fingerprint density at radius 1 is 1.32 bits per heavy atom. The van der Waals surface area contributed by atoms with Crippen LogP contribution in [0.5, 0.6) is 5.75 Å². The minimum atomic E-state index is -0.212. The molecule has 19 heavy (non-hydrogen) atoms. The van der Waals surface area contributed by atoms with Gasteiger partial charge in [0.25, 0.3) is 0 Å². The predicted octanol–water partition coefficient (Wildman–Crippen LogP) is 3.72. The number of methoxy groups -OCH3 is 1. The maximum Gasteiger partial charge on any atom is 0.128 e. The van der Waals surface area contributed by atoms with Crippen LogP contribution in [-0.4, -0.2) is 12.1 Å². The van der Waals surface area contributed by atoms with Crippen molar-refractivity contribution >= 4 is 0 Å². The van der Waals surface area contributed by atoms with Gasteiger partial charge >= 0.3 is 0 Å². The highest BCUT2D eigenvalue weighted by Crippen LogP contribution is 2.39. The zero-order valence-corrected chi connectivity index (χ0v) is 12.1. The minimum Gasteiger partial charge on any atom is -0.496 e. The molecule has 1 heterocycles. The van der Waals surface area contributed by atoms with Crippen molar-refractivity contribution < 1.29 is 4.74 Å². The van der Waals surface area contributed by atoms with Crippen LogP contribution in [-0.2, 0) is 6.42 Å². The predicted molar refractivity (Wildman–Crippen MR) is 75.1 cm³/mol. The molecule has 0 aromatic carbocycles. The van der Waals surface area contributed by atoms with Crippen molar-refractivity contribution in [3.05, 3.63) is 23.0 Å². The maximum absolute atomic E-state index is 9.57. The molecule has 0 unspecified atom stereocenters. The number of nitriles is 1. The molecule has 0 radical (unpaired) electrons. The third kappa shape index (κ3) is 2.73. The first kappa shape index (κ1) is 13.9. The number of pyridine rings is 1. The molecule has 0 spiro atoms. The van der Waals surface area contributed by atoms with Gasteiger partial charge < -0.3 is 4.74 Å². The van der Waals surface area contributed by atoms with E-state index in [1.807, 2.05) is 20.0 Å². The number of rotatable bonds is 3. The fraction of sp³-hybridized carbons (Fsp3) is 0.625. The lowest BCUT2D eigenvalue weighted by Gasteiger charge is -2.31.